The molecule has 0 fully saturated rings. The van der Waals surface area contributed by atoms with E-state index in [9.17, 15) is 0 Å². The van der Waals surface area contributed by atoms with Crippen molar-refractivity contribution in [1.29, 1.82) is 0 Å². The summed E-state index contributed by atoms with van der Waals surface area (Å²) in [4.78, 5) is 11.6. The molecule has 0 aliphatic rings. The van der Waals surface area contributed by atoms with Crippen LogP contribution in [0, 0.1) is 5.92 Å². The summed E-state index contributed by atoms with van der Waals surface area (Å²) >= 11 is 0. The van der Waals surface area contributed by atoms with Crippen molar-refractivity contribution < 1.29 is 4.74 Å². The van der Waals surface area contributed by atoms with Crippen LogP contribution in [-0.2, 0) is 0 Å². The number of rotatable bonds is 6. The Bertz CT molecular complexity index is 560. The van der Waals surface area contributed by atoms with E-state index in [4.69, 9.17) is 4.74 Å². The van der Waals surface area contributed by atoms with Gasteiger partial charge in [-0.15, -0.1) is 0 Å². The van der Waals surface area contributed by atoms with Gasteiger partial charge in [-0.25, -0.2) is 9.97 Å². The fourth-order valence-electron chi connectivity index (χ4n) is 1.72. The number of hydrogen-bond acceptors (Lipinski definition) is 4. The lowest BCUT2D eigenvalue weighted by atomic mass is 10.2. The lowest BCUT2D eigenvalue weighted by Gasteiger charge is -2.09. The molecule has 0 aromatic carbocycles. The normalized spacial score (nSPS) is 11.6. The topological polar surface area (TPSA) is 62.8 Å². The molecule has 19 heavy (non-hydrogen) atoms. The first kappa shape index (κ1) is 13.4. The molecular formula is C14H20N4O. The Morgan fingerprint density at radius 2 is 2.26 bits per heavy atom. The molecule has 0 amide bonds. The van der Waals surface area contributed by atoms with Gasteiger partial charge in [-0.2, -0.15) is 0 Å². The van der Waals surface area contributed by atoms with Gasteiger partial charge in [-0.3, -0.25) is 0 Å². The third-order valence-corrected chi connectivity index (χ3v) is 2.63. The van der Waals surface area contributed by atoms with Crippen molar-refractivity contribution in [2.45, 2.75) is 20.8 Å². The van der Waals surface area contributed by atoms with Crippen LogP contribution in [0.2, 0.25) is 0 Å². The maximum Gasteiger partial charge on any atom is 0.228 e. The summed E-state index contributed by atoms with van der Waals surface area (Å²) in [7, 11) is 0. The second-order valence-corrected chi connectivity index (χ2v) is 4.76. The molecular weight excluding hydrogens is 240 g/mol. The molecule has 0 radical (unpaired) electrons. The molecule has 0 atom stereocenters. The van der Waals surface area contributed by atoms with Crippen LogP contribution in [0.3, 0.4) is 0 Å². The summed E-state index contributed by atoms with van der Waals surface area (Å²) in [5.74, 6) is 1.09. The van der Waals surface area contributed by atoms with E-state index in [0.29, 0.717) is 18.4 Å². The monoisotopic (exact) mass is 260 g/mol. The standard InChI is InChI=1S/C14H20N4O/c1-4-5-6-15-11-7-16-13-12(11)14(18-9-17-13)19-8-10(2)3/h4-5,7,9-10,15H,6,8H2,1-3H3,(H,16,17,18)/b5-4+. The molecule has 0 saturated carbocycles. The highest BCUT2D eigenvalue weighted by molar-refractivity contribution is 5.94. The van der Waals surface area contributed by atoms with Crippen LogP contribution in [0.15, 0.2) is 24.7 Å². The number of anilines is 1. The Labute approximate surface area is 113 Å². The van der Waals surface area contributed by atoms with Crippen LogP contribution < -0.4 is 10.1 Å². The number of nitrogens with one attached hydrogen (secondary N) is 2. The average molecular weight is 260 g/mol. The lowest BCUT2D eigenvalue weighted by molar-refractivity contribution is 0.264. The number of H-pyrrole nitrogens is 1. The Hall–Kier alpha value is -2.04. The lowest BCUT2D eigenvalue weighted by Crippen LogP contribution is -2.06. The highest BCUT2D eigenvalue weighted by atomic mass is 16.5. The van der Waals surface area contributed by atoms with E-state index in [1.807, 2.05) is 19.2 Å². The largest absolute Gasteiger partial charge is 0.477 e. The number of allylic oxidation sites excluding steroid dienone is 1. The molecule has 0 saturated heterocycles. The van der Waals surface area contributed by atoms with Gasteiger partial charge in [0.05, 0.1) is 12.3 Å². The Morgan fingerprint density at radius 3 is 3.00 bits per heavy atom. The summed E-state index contributed by atoms with van der Waals surface area (Å²) < 4.78 is 5.76. The molecule has 0 unspecified atom stereocenters. The molecule has 0 spiro atoms. The highest BCUT2D eigenvalue weighted by Gasteiger charge is 2.12. The van der Waals surface area contributed by atoms with Crippen molar-refractivity contribution in [2.75, 3.05) is 18.5 Å². The van der Waals surface area contributed by atoms with Gasteiger partial charge in [-0.1, -0.05) is 26.0 Å². The highest BCUT2D eigenvalue weighted by Crippen LogP contribution is 2.29. The minimum absolute atomic E-state index is 0.461. The molecule has 2 aromatic heterocycles. The van der Waals surface area contributed by atoms with Gasteiger partial charge < -0.3 is 15.0 Å². The maximum atomic E-state index is 5.76. The van der Waals surface area contributed by atoms with Crippen molar-refractivity contribution >= 4 is 16.7 Å². The van der Waals surface area contributed by atoms with Crippen LogP contribution in [0.5, 0.6) is 5.88 Å². The summed E-state index contributed by atoms with van der Waals surface area (Å²) in [6.07, 6.45) is 7.47. The number of aromatic nitrogens is 3. The molecule has 102 valence electrons. The third kappa shape index (κ3) is 3.24. The molecule has 2 rings (SSSR count). The van der Waals surface area contributed by atoms with E-state index in [0.717, 1.165) is 23.3 Å². The van der Waals surface area contributed by atoms with E-state index in [2.05, 4.69) is 40.2 Å². The van der Waals surface area contributed by atoms with E-state index in [1.165, 1.54) is 6.33 Å². The fourth-order valence-corrected chi connectivity index (χ4v) is 1.72. The molecule has 0 aliphatic heterocycles. The molecule has 2 heterocycles. The summed E-state index contributed by atoms with van der Waals surface area (Å²) in [5, 5.41) is 4.23. The fraction of sp³-hybridized carbons (Fsp3) is 0.429. The SMILES string of the molecule is C/C=C/CNc1c[nH]c2ncnc(OCC(C)C)c12. The zero-order valence-electron chi connectivity index (χ0n) is 11.6. The van der Waals surface area contributed by atoms with Gasteiger partial charge in [-0.05, 0) is 12.8 Å². The minimum atomic E-state index is 0.461. The van der Waals surface area contributed by atoms with E-state index in [-0.39, 0.29) is 0 Å². The zero-order valence-corrected chi connectivity index (χ0v) is 11.6. The van der Waals surface area contributed by atoms with Gasteiger partial charge in [0, 0.05) is 12.7 Å². The minimum Gasteiger partial charge on any atom is -0.477 e. The van der Waals surface area contributed by atoms with Gasteiger partial charge in [0.25, 0.3) is 0 Å². The smallest absolute Gasteiger partial charge is 0.228 e. The number of hydrogen-bond donors (Lipinski definition) is 2. The van der Waals surface area contributed by atoms with E-state index < -0.39 is 0 Å². The number of aromatic amines is 1. The first-order valence-electron chi connectivity index (χ1n) is 6.52. The number of fused-ring (bicyclic) bond motifs is 1. The molecule has 0 bridgehead atoms. The van der Waals surface area contributed by atoms with Crippen molar-refractivity contribution in [3.63, 3.8) is 0 Å². The van der Waals surface area contributed by atoms with Crippen LogP contribution in [-0.4, -0.2) is 28.1 Å². The van der Waals surface area contributed by atoms with Crippen LogP contribution in [0.1, 0.15) is 20.8 Å². The molecule has 5 nitrogen and oxygen atoms in total. The maximum absolute atomic E-state index is 5.76. The second-order valence-electron chi connectivity index (χ2n) is 4.76. The summed E-state index contributed by atoms with van der Waals surface area (Å²) in [5.41, 5.74) is 1.75. The van der Waals surface area contributed by atoms with Crippen molar-refractivity contribution in [3.05, 3.63) is 24.7 Å². The van der Waals surface area contributed by atoms with Gasteiger partial charge in [0.1, 0.15) is 17.4 Å². The van der Waals surface area contributed by atoms with Crippen LogP contribution in [0.25, 0.3) is 11.0 Å². The summed E-state index contributed by atoms with van der Waals surface area (Å²) in [6.45, 7) is 7.63. The Balaban J connectivity index is 2.26. The Kier molecular flexibility index (Phi) is 4.39. The predicted molar refractivity (Wildman–Crippen MR) is 77.5 cm³/mol. The van der Waals surface area contributed by atoms with Crippen molar-refractivity contribution in [1.82, 2.24) is 15.0 Å². The quantitative estimate of drug-likeness (QED) is 0.784. The molecule has 2 N–H and O–H groups in total. The van der Waals surface area contributed by atoms with Gasteiger partial charge in [0.15, 0.2) is 0 Å². The van der Waals surface area contributed by atoms with Crippen molar-refractivity contribution in [2.24, 2.45) is 5.92 Å². The van der Waals surface area contributed by atoms with E-state index >= 15 is 0 Å². The van der Waals surface area contributed by atoms with Crippen molar-refractivity contribution in [3.8, 4) is 5.88 Å². The van der Waals surface area contributed by atoms with Gasteiger partial charge in [0.2, 0.25) is 5.88 Å². The Morgan fingerprint density at radius 1 is 1.42 bits per heavy atom. The predicted octanol–water partition coefficient (Wildman–Crippen LogP) is 2.98. The second kappa shape index (κ2) is 6.22. The molecule has 5 heteroatoms. The summed E-state index contributed by atoms with van der Waals surface area (Å²) in [6, 6.07) is 0. The number of nitrogens with zero attached hydrogens (tertiary/aromatic N) is 2. The first-order valence-corrected chi connectivity index (χ1v) is 6.52. The van der Waals surface area contributed by atoms with Gasteiger partial charge >= 0.3 is 0 Å². The molecule has 2 aromatic rings. The van der Waals surface area contributed by atoms with Crippen LogP contribution >= 0.6 is 0 Å². The van der Waals surface area contributed by atoms with Crippen LogP contribution in [0.4, 0.5) is 5.69 Å². The molecule has 0 aliphatic carbocycles. The number of ether oxygens (including phenoxy) is 1. The van der Waals surface area contributed by atoms with E-state index in [1.54, 1.807) is 0 Å². The zero-order chi connectivity index (χ0) is 13.7. The third-order valence-electron chi connectivity index (χ3n) is 2.63. The average Bonchev–Trinajstić information content (AvgIpc) is 2.81. The first-order chi connectivity index (χ1) is 9.22.